The van der Waals surface area contributed by atoms with Crippen molar-refractivity contribution in [1.82, 2.24) is 0 Å². The summed E-state index contributed by atoms with van der Waals surface area (Å²) in [6.07, 6.45) is 1.70. The van der Waals surface area contributed by atoms with Crippen LogP contribution < -0.4 is 14.2 Å². The third-order valence-electron chi connectivity index (χ3n) is 4.84. The van der Waals surface area contributed by atoms with Gasteiger partial charge in [0, 0.05) is 11.8 Å². The molecular weight excluding hydrogens is 453 g/mol. The van der Waals surface area contributed by atoms with Gasteiger partial charge in [-0.3, -0.25) is 4.99 Å². The van der Waals surface area contributed by atoms with Crippen LogP contribution in [0.15, 0.2) is 96.0 Å². The standard InChI is InChI=1S/C28H23ClFNO3/c1-2-32-27-17-20(16-25(29)28(27)33-19-21-8-6-7-11-26(21)30)18-31-22-12-14-24(15-13-22)34-23-9-4-3-5-10-23/h3-18H,2,19H2,1H3. The van der Waals surface area contributed by atoms with Crippen LogP contribution in [0.5, 0.6) is 23.0 Å². The van der Waals surface area contributed by atoms with Crippen LogP contribution in [0.1, 0.15) is 18.1 Å². The highest BCUT2D eigenvalue weighted by atomic mass is 35.5. The summed E-state index contributed by atoms with van der Waals surface area (Å²) in [7, 11) is 0. The maximum atomic E-state index is 13.9. The van der Waals surface area contributed by atoms with Crippen LogP contribution >= 0.6 is 11.6 Å². The quantitative estimate of drug-likeness (QED) is 0.230. The number of hydrogen-bond acceptors (Lipinski definition) is 4. The molecule has 0 aliphatic heterocycles. The van der Waals surface area contributed by atoms with E-state index in [1.165, 1.54) is 6.07 Å². The molecular formula is C28H23ClFNO3. The Morgan fingerprint density at radius 1 is 0.853 bits per heavy atom. The first kappa shape index (κ1) is 23.3. The highest BCUT2D eigenvalue weighted by Crippen LogP contribution is 2.37. The molecule has 0 aliphatic rings. The zero-order valence-electron chi connectivity index (χ0n) is 18.6. The zero-order chi connectivity index (χ0) is 23.8. The fraction of sp³-hybridized carbons (Fsp3) is 0.107. The van der Waals surface area contributed by atoms with Gasteiger partial charge in [-0.25, -0.2) is 4.39 Å². The SMILES string of the molecule is CCOc1cc(C=Nc2ccc(Oc3ccccc3)cc2)cc(Cl)c1OCc1ccccc1F. The lowest BCUT2D eigenvalue weighted by molar-refractivity contribution is 0.266. The topological polar surface area (TPSA) is 40.0 Å². The molecule has 6 heteroatoms. The van der Waals surface area contributed by atoms with Gasteiger partial charge in [-0.1, -0.05) is 48.0 Å². The molecule has 0 amide bonds. The lowest BCUT2D eigenvalue weighted by Gasteiger charge is -2.14. The van der Waals surface area contributed by atoms with Crippen molar-refractivity contribution in [1.29, 1.82) is 0 Å². The summed E-state index contributed by atoms with van der Waals surface area (Å²) in [5.41, 5.74) is 1.94. The van der Waals surface area contributed by atoms with E-state index in [0.717, 1.165) is 22.7 Å². The minimum absolute atomic E-state index is 0.0390. The van der Waals surface area contributed by atoms with Crippen molar-refractivity contribution in [2.45, 2.75) is 13.5 Å². The minimum atomic E-state index is -0.333. The molecule has 4 aromatic carbocycles. The molecule has 0 unspecified atom stereocenters. The lowest BCUT2D eigenvalue weighted by Crippen LogP contribution is -2.02. The highest BCUT2D eigenvalue weighted by Gasteiger charge is 2.13. The third kappa shape index (κ3) is 6.15. The molecule has 4 aromatic rings. The molecule has 172 valence electrons. The molecule has 0 saturated heterocycles. The largest absolute Gasteiger partial charge is 0.490 e. The summed E-state index contributed by atoms with van der Waals surface area (Å²) in [4.78, 5) is 4.52. The number of para-hydroxylation sites is 1. The number of halogens is 2. The number of rotatable bonds is 9. The third-order valence-corrected chi connectivity index (χ3v) is 5.12. The van der Waals surface area contributed by atoms with E-state index in [2.05, 4.69) is 4.99 Å². The van der Waals surface area contributed by atoms with Crippen molar-refractivity contribution in [2.24, 2.45) is 4.99 Å². The van der Waals surface area contributed by atoms with Gasteiger partial charge in [0.1, 0.15) is 23.9 Å². The maximum absolute atomic E-state index is 13.9. The first-order valence-corrected chi connectivity index (χ1v) is 11.2. The second-order valence-corrected chi connectivity index (χ2v) is 7.72. The van der Waals surface area contributed by atoms with Gasteiger partial charge in [0.2, 0.25) is 0 Å². The molecule has 0 bridgehead atoms. The minimum Gasteiger partial charge on any atom is -0.490 e. The summed E-state index contributed by atoms with van der Waals surface area (Å²) in [6, 6.07) is 27.0. The van der Waals surface area contributed by atoms with Crippen LogP contribution in [0, 0.1) is 5.82 Å². The molecule has 0 aliphatic carbocycles. The van der Waals surface area contributed by atoms with Gasteiger partial charge >= 0.3 is 0 Å². The van der Waals surface area contributed by atoms with Crippen LogP contribution in [-0.4, -0.2) is 12.8 Å². The Hall–Kier alpha value is -3.83. The van der Waals surface area contributed by atoms with Gasteiger partial charge in [-0.15, -0.1) is 0 Å². The Kier molecular flexibility index (Phi) is 7.79. The van der Waals surface area contributed by atoms with E-state index in [-0.39, 0.29) is 12.4 Å². The van der Waals surface area contributed by atoms with E-state index >= 15 is 0 Å². The van der Waals surface area contributed by atoms with E-state index in [0.29, 0.717) is 28.7 Å². The van der Waals surface area contributed by atoms with Crippen LogP contribution in [0.3, 0.4) is 0 Å². The molecule has 0 atom stereocenters. The Bertz CT molecular complexity index is 1260. The average molecular weight is 476 g/mol. The van der Waals surface area contributed by atoms with Crippen molar-refractivity contribution < 1.29 is 18.6 Å². The summed E-state index contributed by atoms with van der Waals surface area (Å²) in [6.45, 7) is 2.33. The van der Waals surface area contributed by atoms with Crippen molar-refractivity contribution >= 4 is 23.5 Å². The van der Waals surface area contributed by atoms with E-state index in [1.54, 1.807) is 36.5 Å². The van der Waals surface area contributed by atoms with E-state index in [9.17, 15) is 4.39 Å². The first-order chi connectivity index (χ1) is 16.6. The van der Waals surface area contributed by atoms with Crippen molar-refractivity contribution in [3.05, 3.63) is 113 Å². The second-order valence-electron chi connectivity index (χ2n) is 7.31. The average Bonchev–Trinajstić information content (AvgIpc) is 2.85. The number of hydrogen-bond donors (Lipinski definition) is 0. The monoisotopic (exact) mass is 475 g/mol. The number of ether oxygens (including phenoxy) is 3. The van der Waals surface area contributed by atoms with E-state index in [4.69, 9.17) is 25.8 Å². The molecule has 4 nitrogen and oxygen atoms in total. The highest BCUT2D eigenvalue weighted by molar-refractivity contribution is 6.32. The zero-order valence-corrected chi connectivity index (χ0v) is 19.3. The Morgan fingerprint density at radius 2 is 1.56 bits per heavy atom. The van der Waals surface area contributed by atoms with Crippen LogP contribution in [0.25, 0.3) is 0 Å². The normalized spacial score (nSPS) is 10.9. The van der Waals surface area contributed by atoms with Crippen LogP contribution in [-0.2, 0) is 6.61 Å². The van der Waals surface area contributed by atoms with Crippen molar-refractivity contribution in [2.75, 3.05) is 6.61 Å². The molecule has 34 heavy (non-hydrogen) atoms. The number of benzene rings is 4. The van der Waals surface area contributed by atoms with Gasteiger partial charge in [-0.05, 0) is 67.1 Å². The molecule has 4 rings (SSSR count). The predicted octanol–water partition coefficient (Wildman–Crippen LogP) is 8.00. The maximum Gasteiger partial charge on any atom is 0.180 e. The fourth-order valence-corrected chi connectivity index (χ4v) is 3.48. The van der Waals surface area contributed by atoms with Gasteiger partial charge in [0.05, 0.1) is 17.3 Å². The van der Waals surface area contributed by atoms with Gasteiger partial charge in [-0.2, -0.15) is 0 Å². The summed E-state index contributed by atoms with van der Waals surface area (Å²) in [5, 5.41) is 0.357. The fourth-order valence-electron chi connectivity index (χ4n) is 3.20. The Balaban J connectivity index is 1.47. The second kappa shape index (κ2) is 11.3. The van der Waals surface area contributed by atoms with E-state index in [1.807, 2.05) is 61.5 Å². The van der Waals surface area contributed by atoms with Gasteiger partial charge in [0.15, 0.2) is 11.5 Å². The van der Waals surface area contributed by atoms with Crippen LogP contribution in [0.4, 0.5) is 10.1 Å². The number of nitrogens with zero attached hydrogens (tertiary/aromatic N) is 1. The summed E-state index contributed by atoms with van der Waals surface area (Å²) in [5.74, 6) is 2.00. The Labute approximate surface area is 203 Å². The molecule has 0 radical (unpaired) electrons. The van der Waals surface area contributed by atoms with Crippen molar-refractivity contribution in [3.63, 3.8) is 0 Å². The number of aliphatic imine (C=N–C) groups is 1. The molecule has 0 aromatic heterocycles. The smallest absolute Gasteiger partial charge is 0.180 e. The Morgan fingerprint density at radius 3 is 2.29 bits per heavy atom. The van der Waals surface area contributed by atoms with E-state index < -0.39 is 0 Å². The van der Waals surface area contributed by atoms with Crippen LogP contribution in [0.2, 0.25) is 5.02 Å². The predicted molar refractivity (Wildman–Crippen MR) is 134 cm³/mol. The molecule has 0 fully saturated rings. The van der Waals surface area contributed by atoms with Gasteiger partial charge < -0.3 is 14.2 Å². The molecule has 0 spiro atoms. The molecule has 0 heterocycles. The molecule has 0 saturated carbocycles. The lowest BCUT2D eigenvalue weighted by atomic mass is 10.2. The summed E-state index contributed by atoms with van der Waals surface area (Å²) < 4.78 is 31.3. The first-order valence-electron chi connectivity index (χ1n) is 10.8. The molecule has 0 N–H and O–H groups in total. The van der Waals surface area contributed by atoms with Crippen molar-refractivity contribution in [3.8, 4) is 23.0 Å². The summed E-state index contributed by atoms with van der Waals surface area (Å²) >= 11 is 6.48. The van der Waals surface area contributed by atoms with Gasteiger partial charge in [0.25, 0.3) is 0 Å².